The van der Waals surface area contributed by atoms with Crippen LogP contribution < -0.4 is 5.56 Å². The van der Waals surface area contributed by atoms with E-state index in [4.69, 9.17) is 0 Å². The first-order valence-corrected chi connectivity index (χ1v) is 12.2. The predicted molar refractivity (Wildman–Crippen MR) is 139 cm³/mol. The average molecular weight is 480 g/mol. The molecular weight excluding hydrogens is 450 g/mol. The van der Waals surface area contributed by atoms with E-state index in [-0.39, 0.29) is 11.6 Å². The van der Waals surface area contributed by atoms with E-state index in [2.05, 4.69) is 49.4 Å². The van der Waals surface area contributed by atoms with Gasteiger partial charge in [0, 0.05) is 31.0 Å². The number of para-hydroxylation sites is 1. The standard InChI is InChI=1S/C28H29N7O/c1-3-25(27-31-32-33-35(27)18-21-10-5-4-6-11-21)34(17-22-12-8-14-29-16-22)19-24-15-23-13-7-9-20(2)26(23)30-28(24)36/h4-16,25H,3,17-19H2,1-2H3,(H,30,36). The Labute approximate surface area is 209 Å². The van der Waals surface area contributed by atoms with Gasteiger partial charge in [-0.1, -0.05) is 61.5 Å². The van der Waals surface area contributed by atoms with Gasteiger partial charge in [-0.15, -0.1) is 5.10 Å². The summed E-state index contributed by atoms with van der Waals surface area (Å²) in [5.41, 5.74) is 4.75. The molecule has 0 aliphatic rings. The number of hydrogen-bond acceptors (Lipinski definition) is 6. The number of nitrogens with zero attached hydrogens (tertiary/aromatic N) is 6. The summed E-state index contributed by atoms with van der Waals surface area (Å²) in [6, 6.07) is 22.1. The van der Waals surface area contributed by atoms with Crippen molar-refractivity contribution in [3.05, 3.63) is 118 Å². The fourth-order valence-electron chi connectivity index (χ4n) is 4.69. The van der Waals surface area contributed by atoms with Gasteiger partial charge in [-0.05, 0) is 58.0 Å². The maximum Gasteiger partial charge on any atom is 0.252 e. The molecule has 0 saturated carbocycles. The van der Waals surface area contributed by atoms with Crippen molar-refractivity contribution < 1.29 is 0 Å². The highest BCUT2D eigenvalue weighted by Gasteiger charge is 2.26. The number of aromatic nitrogens is 6. The Morgan fingerprint density at radius 2 is 1.83 bits per heavy atom. The molecule has 8 nitrogen and oxygen atoms in total. The summed E-state index contributed by atoms with van der Waals surface area (Å²) in [5.74, 6) is 0.776. The number of aryl methyl sites for hydroxylation is 1. The minimum atomic E-state index is -0.100. The number of fused-ring (bicyclic) bond motifs is 1. The Balaban J connectivity index is 1.52. The lowest BCUT2D eigenvalue weighted by Gasteiger charge is -2.30. The highest BCUT2D eigenvalue weighted by atomic mass is 16.1. The number of benzene rings is 2. The Morgan fingerprint density at radius 1 is 1.00 bits per heavy atom. The first kappa shape index (κ1) is 23.6. The largest absolute Gasteiger partial charge is 0.321 e. The number of tetrazole rings is 1. The quantitative estimate of drug-likeness (QED) is 0.336. The van der Waals surface area contributed by atoms with Crippen LogP contribution in [0.4, 0.5) is 0 Å². The molecule has 0 aliphatic heterocycles. The zero-order valence-electron chi connectivity index (χ0n) is 20.5. The maximum absolute atomic E-state index is 13.1. The summed E-state index contributed by atoms with van der Waals surface area (Å²) in [6.45, 7) is 5.76. The second-order valence-electron chi connectivity index (χ2n) is 9.03. The van der Waals surface area contributed by atoms with Crippen molar-refractivity contribution in [3.63, 3.8) is 0 Å². The molecule has 0 amide bonds. The number of nitrogens with one attached hydrogen (secondary N) is 1. The average Bonchev–Trinajstić information content (AvgIpc) is 3.34. The molecule has 36 heavy (non-hydrogen) atoms. The van der Waals surface area contributed by atoms with Crippen molar-refractivity contribution in [1.82, 2.24) is 35.1 Å². The van der Waals surface area contributed by atoms with Gasteiger partial charge < -0.3 is 4.98 Å². The summed E-state index contributed by atoms with van der Waals surface area (Å²) in [5, 5.41) is 13.8. The second-order valence-corrected chi connectivity index (χ2v) is 9.03. The van der Waals surface area contributed by atoms with E-state index in [9.17, 15) is 4.79 Å². The van der Waals surface area contributed by atoms with Gasteiger partial charge in [0.1, 0.15) is 0 Å². The first-order chi connectivity index (χ1) is 17.6. The van der Waals surface area contributed by atoms with Crippen molar-refractivity contribution in [2.45, 2.75) is 45.9 Å². The minimum Gasteiger partial charge on any atom is -0.321 e. The van der Waals surface area contributed by atoms with Crippen LogP contribution in [0.5, 0.6) is 0 Å². The van der Waals surface area contributed by atoms with Crippen LogP contribution in [0.2, 0.25) is 0 Å². The molecule has 0 aliphatic carbocycles. The SMILES string of the molecule is CCC(c1nnnn1Cc1ccccc1)N(Cc1cccnc1)Cc1cc2cccc(C)c2[nH]c1=O. The molecule has 1 atom stereocenters. The monoisotopic (exact) mass is 479 g/mol. The van der Waals surface area contributed by atoms with E-state index in [1.165, 1.54) is 0 Å². The van der Waals surface area contributed by atoms with Crippen LogP contribution in [-0.2, 0) is 19.6 Å². The first-order valence-electron chi connectivity index (χ1n) is 12.2. The zero-order chi connectivity index (χ0) is 24.9. The lowest BCUT2D eigenvalue weighted by atomic mass is 10.1. The van der Waals surface area contributed by atoms with E-state index in [0.29, 0.717) is 25.2 Å². The van der Waals surface area contributed by atoms with Gasteiger partial charge in [0.15, 0.2) is 5.82 Å². The molecule has 5 aromatic rings. The lowest BCUT2D eigenvalue weighted by Crippen LogP contribution is -2.32. The van der Waals surface area contributed by atoms with Crippen molar-refractivity contribution in [1.29, 1.82) is 0 Å². The smallest absolute Gasteiger partial charge is 0.252 e. The Bertz CT molecular complexity index is 1500. The Morgan fingerprint density at radius 3 is 2.61 bits per heavy atom. The molecular formula is C28H29N7O. The van der Waals surface area contributed by atoms with Gasteiger partial charge >= 0.3 is 0 Å². The maximum atomic E-state index is 13.1. The van der Waals surface area contributed by atoms with Crippen molar-refractivity contribution in [2.75, 3.05) is 0 Å². The van der Waals surface area contributed by atoms with Gasteiger partial charge in [0.2, 0.25) is 0 Å². The summed E-state index contributed by atoms with van der Waals surface area (Å²) < 4.78 is 1.85. The van der Waals surface area contributed by atoms with Crippen LogP contribution in [0.3, 0.4) is 0 Å². The third-order valence-corrected chi connectivity index (χ3v) is 6.51. The topological polar surface area (TPSA) is 92.6 Å². The van der Waals surface area contributed by atoms with Gasteiger partial charge in [0.05, 0.1) is 18.1 Å². The summed E-state index contributed by atoms with van der Waals surface area (Å²) in [7, 11) is 0. The van der Waals surface area contributed by atoms with Gasteiger partial charge in [0.25, 0.3) is 5.56 Å². The Hall–Kier alpha value is -4.17. The van der Waals surface area contributed by atoms with E-state index in [1.54, 1.807) is 6.20 Å². The molecule has 3 aromatic heterocycles. The van der Waals surface area contributed by atoms with E-state index in [1.807, 2.05) is 72.4 Å². The van der Waals surface area contributed by atoms with Gasteiger partial charge in [-0.2, -0.15) is 0 Å². The number of pyridine rings is 2. The molecule has 0 radical (unpaired) electrons. The molecule has 0 saturated heterocycles. The van der Waals surface area contributed by atoms with Crippen LogP contribution >= 0.6 is 0 Å². The third kappa shape index (κ3) is 5.08. The predicted octanol–water partition coefficient (Wildman–Crippen LogP) is 4.42. The normalized spacial score (nSPS) is 12.3. The summed E-state index contributed by atoms with van der Waals surface area (Å²) in [6.07, 6.45) is 4.41. The fraction of sp³-hybridized carbons (Fsp3) is 0.250. The van der Waals surface area contributed by atoms with Crippen LogP contribution in [0, 0.1) is 6.92 Å². The van der Waals surface area contributed by atoms with Crippen molar-refractivity contribution in [2.24, 2.45) is 0 Å². The molecule has 3 heterocycles. The van der Waals surface area contributed by atoms with Gasteiger partial charge in [-0.25, -0.2) is 4.68 Å². The molecule has 0 bridgehead atoms. The number of rotatable bonds is 9. The molecule has 0 spiro atoms. The Kier molecular flexibility index (Phi) is 6.95. The molecule has 5 rings (SSSR count). The second kappa shape index (κ2) is 10.6. The fourth-order valence-corrected chi connectivity index (χ4v) is 4.69. The highest BCUT2D eigenvalue weighted by molar-refractivity contribution is 5.81. The van der Waals surface area contributed by atoms with E-state index >= 15 is 0 Å². The molecule has 1 unspecified atom stereocenters. The molecule has 1 N–H and O–H groups in total. The summed E-state index contributed by atoms with van der Waals surface area (Å²) >= 11 is 0. The number of hydrogen-bond donors (Lipinski definition) is 1. The molecule has 182 valence electrons. The van der Waals surface area contributed by atoms with Crippen LogP contribution in [0.1, 0.15) is 47.5 Å². The van der Waals surface area contributed by atoms with E-state index < -0.39 is 0 Å². The van der Waals surface area contributed by atoms with Crippen molar-refractivity contribution in [3.8, 4) is 0 Å². The number of H-pyrrole nitrogens is 1. The van der Waals surface area contributed by atoms with Crippen LogP contribution in [0.25, 0.3) is 10.9 Å². The third-order valence-electron chi connectivity index (χ3n) is 6.51. The zero-order valence-corrected chi connectivity index (χ0v) is 20.5. The lowest BCUT2D eigenvalue weighted by molar-refractivity contribution is 0.161. The summed E-state index contributed by atoms with van der Waals surface area (Å²) in [4.78, 5) is 22.8. The van der Waals surface area contributed by atoms with Crippen LogP contribution in [-0.4, -0.2) is 35.1 Å². The minimum absolute atomic E-state index is 0.0771. The van der Waals surface area contributed by atoms with Crippen LogP contribution in [0.15, 0.2) is 83.9 Å². The van der Waals surface area contributed by atoms with Crippen molar-refractivity contribution >= 4 is 10.9 Å². The molecule has 8 heteroatoms. The number of aromatic amines is 1. The molecule has 0 fully saturated rings. The highest BCUT2D eigenvalue weighted by Crippen LogP contribution is 2.27. The molecule has 2 aromatic carbocycles. The van der Waals surface area contributed by atoms with Gasteiger partial charge in [-0.3, -0.25) is 14.7 Å². The van der Waals surface area contributed by atoms with E-state index in [0.717, 1.165) is 39.8 Å².